The van der Waals surface area contributed by atoms with E-state index >= 15 is 0 Å². The monoisotopic (exact) mass is 195 g/mol. The molecule has 2 rings (SSSR count). The summed E-state index contributed by atoms with van der Waals surface area (Å²) in [4.78, 5) is 0. The highest BCUT2D eigenvalue weighted by molar-refractivity contribution is 5.12. The van der Waals surface area contributed by atoms with Crippen LogP contribution in [0.2, 0.25) is 0 Å². The molecule has 2 unspecified atom stereocenters. The summed E-state index contributed by atoms with van der Waals surface area (Å²) in [6, 6.07) is 1.98. The van der Waals surface area contributed by atoms with Crippen LogP contribution in [0.5, 0.6) is 0 Å². The van der Waals surface area contributed by atoms with E-state index in [1.54, 1.807) is 4.68 Å². The Morgan fingerprint density at radius 3 is 3.07 bits per heavy atom. The lowest BCUT2D eigenvalue weighted by Crippen LogP contribution is -2.39. The van der Waals surface area contributed by atoms with Crippen LogP contribution in [0, 0.1) is 0 Å². The third kappa shape index (κ3) is 1.67. The largest absolute Gasteiger partial charge is 0.383 e. The lowest BCUT2D eigenvalue weighted by molar-refractivity contribution is -0.0115. The Morgan fingerprint density at radius 2 is 2.50 bits per heavy atom. The molecule has 0 spiro atoms. The molecule has 0 aliphatic heterocycles. The molecule has 1 aromatic rings. The number of aliphatic hydroxyl groups is 1. The van der Waals surface area contributed by atoms with E-state index < -0.39 is 5.60 Å². The lowest BCUT2D eigenvalue weighted by Gasteiger charge is -2.33. The summed E-state index contributed by atoms with van der Waals surface area (Å²) in [7, 11) is 1.86. The summed E-state index contributed by atoms with van der Waals surface area (Å²) in [6.45, 7) is 0. The Morgan fingerprint density at radius 1 is 1.71 bits per heavy atom. The van der Waals surface area contributed by atoms with Crippen LogP contribution in [0.3, 0.4) is 0 Å². The van der Waals surface area contributed by atoms with Crippen LogP contribution >= 0.6 is 0 Å². The van der Waals surface area contributed by atoms with Crippen molar-refractivity contribution in [2.24, 2.45) is 12.8 Å². The van der Waals surface area contributed by atoms with Crippen molar-refractivity contribution in [1.82, 2.24) is 9.78 Å². The standard InChI is InChI=1S/C10H17N3O/c1-13-6-4-9(12-13)10(14)5-2-3-8(11)7-10/h4,6,8,14H,2-3,5,7,11H2,1H3. The number of nitrogens with two attached hydrogens (primary N) is 1. The van der Waals surface area contributed by atoms with Crippen molar-refractivity contribution in [2.75, 3.05) is 0 Å². The first-order chi connectivity index (χ1) is 6.60. The molecule has 0 radical (unpaired) electrons. The number of hydrogen-bond donors (Lipinski definition) is 2. The van der Waals surface area contributed by atoms with Crippen molar-refractivity contribution < 1.29 is 5.11 Å². The molecular formula is C10H17N3O. The van der Waals surface area contributed by atoms with Crippen LogP contribution in [-0.2, 0) is 12.6 Å². The van der Waals surface area contributed by atoms with Crippen molar-refractivity contribution in [3.63, 3.8) is 0 Å². The number of aromatic nitrogens is 2. The van der Waals surface area contributed by atoms with Gasteiger partial charge in [0, 0.05) is 19.3 Å². The first-order valence-electron chi connectivity index (χ1n) is 5.08. The maximum atomic E-state index is 10.4. The highest BCUT2D eigenvalue weighted by atomic mass is 16.3. The molecular weight excluding hydrogens is 178 g/mol. The number of hydrogen-bond acceptors (Lipinski definition) is 3. The van der Waals surface area contributed by atoms with Gasteiger partial charge in [-0.2, -0.15) is 5.10 Å². The molecule has 0 amide bonds. The van der Waals surface area contributed by atoms with Crippen LogP contribution in [0.1, 0.15) is 31.4 Å². The molecule has 4 nitrogen and oxygen atoms in total. The molecule has 1 fully saturated rings. The number of aryl methyl sites for hydroxylation is 1. The average Bonchev–Trinajstić information content (AvgIpc) is 2.52. The zero-order valence-corrected chi connectivity index (χ0v) is 8.48. The summed E-state index contributed by atoms with van der Waals surface area (Å²) in [6.07, 6.45) is 5.25. The smallest absolute Gasteiger partial charge is 0.110 e. The highest BCUT2D eigenvalue weighted by Gasteiger charge is 2.36. The molecule has 1 aliphatic rings. The van der Waals surface area contributed by atoms with Gasteiger partial charge in [-0.05, 0) is 31.7 Å². The van der Waals surface area contributed by atoms with E-state index in [9.17, 15) is 5.11 Å². The van der Waals surface area contributed by atoms with E-state index in [1.807, 2.05) is 19.3 Å². The molecule has 0 aromatic carbocycles. The molecule has 1 aliphatic carbocycles. The van der Waals surface area contributed by atoms with E-state index in [-0.39, 0.29) is 6.04 Å². The Bertz CT molecular complexity index is 323. The summed E-state index contributed by atoms with van der Waals surface area (Å²) >= 11 is 0. The SMILES string of the molecule is Cn1ccc(C2(O)CCCC(N)C2)n1. The Hall–Kier alpha value is -0.870. The summed E-state index contributed by atoms with van der Waals surface area (Å²) in [5.74, 6) is 0. The minimum absolute atomic E-state index is 0.107. The van der Waals surface area contributed by atoms with Gasteiger partial charge in [0.1, 0.15) is 5.60 Å². The van der Waals surface area contributed by atoms with Crippen LogP contribution in [0.25, 0.3) is 0 Å². The maximum absolute atomic E-state index is 10.4. The molecule has 2 atom stereocenters. The predicted octanol–water partition coefficient (Wildman–Crippen LogP) is 0.509. The van der Waals surface area contributed by atoms with Crippen LogP contribution in [-0.4, -0.2) is 20.9 Å². The van der Waals surface area contributed by atoms with Gasteiger partial charge in [0.05, 0.1) is 5.69 Å². The van der Waals surface area contributed by atoms with Crippen molar-refractivity contribution in [3.05, 3.63) is 18.0 Å². The van der Waals surface area contributed by atoms with Gasteiger partial charge in [-0.1, -0.05) is 0 Å². The van der Waals surface area contributed by atoms with E-state index in [2.05, 4.69) is 5.10 Å². The zero-order valence-electron chi connectivity index (χ0n) is 8.48. The van der Waals surface area contributed by atoms with Gasteiger partial charge in [-0.25, -0.2) is 0 Å². The molecule has 0 bridgehead atoms. The quantitative estimate of drug-likeness (QED) is 0.686. The topological polar surface area (TPSA) is 64.1 Å². The molecule has 1 heterocycles. The fraction of sp³-hybridized carbons (Fsp3) is 0.700. The molecule has 14 heavy (non-hydrogen) atoms. The minimum Gasteiger partial charge on any atom is -0.383 e. The lowest BCUT2D eigenvalue weighted by atomic mass is 9.80. The maximum Gasteiger partial charge on any atom is 0.110 e. The van der Waals surface area contributed by atoms with E-state index in [0.29, 0.717) is 6.42 Å². The first kappa shape index (κ1) is 9.68. The molecule has 0 saturated heterocycles. The molecule has 3 N–H and O–H groups in total. The van der Waals surface area contributed by atoms with Crippen LogP contribution in [0.15, 0.2) is 12.3 Å². The molecule has 78 valence electrons. The average molecular weight is 195 g/mol. The second-order valence-corrected chi connectivity index (χ2v) is 4.26. The van der Waals surface area contributed by atoms with Crippen molar-refractivity contribution >= 4 is 0 Å². The molecule has 1 saturated carbocycles. The zero-order chi connectivity index (χ0) is 10.2. The normalized spacial score (nSPS) is 33.2. The van der Waals surface area contributed by atoms with Gasteiger partial charge < -0.3 is 10.8 Å². The Balaban J connectivity index is 2.22. The highest BCUT2D eigenvalue weighted by Crippen LogP contribution is 2.35. The third-order valence-electron chi connectivity index (χ3n) is 2.96. The van der Waals surface area contributed by atoms with Crippen LogP contribution in [0.4, 0.5) is 0 Å². The predicted molar refractivity (Wildman–Crippen MR) is 53.5 cm³/mol. The second kappa shape index (κ2) is 3.37. The van der Waals surface area contributed by atoms with Gasteiger partial charge in [0.15, 0.2) is 0 Å². The minimum atomic E-state index is -0.793. The van der Waals surface area contributed by atoms with Gasteiger partial charge in [0.2, 0.25) is 0 Å². The fourth-order valence-corrected chi connectivity index (χ4v) is 2.19. The van der Waals surface area contributed by atoms with Crippen molar-refractivity contribution in [2.45, 2.75) is 37.3 Å². The van der Waals surface area contributed by atoms with Gasteiger partial charge in [-0.3, -0.25) is 4.68 Å². The van der Waals surface area contributed by atoms with Gasteiger partial charge in [-0.15, -0.1) is 0 Å². The van der Waals surface area contributed by atoms with Crippen molar-refractivity contribution in [3.8, 4) is 0 Å². The van der Waals surface area contributed by atoms with Crippen molar-refractivity contribution in [1.29, 1.82) is 0 Å². The number of nitrogens with zero attached hydrogens (tertiary/aromatic N) is 2. The first-order valence-corrected chi connectivity index (χ1v) is 5.08. The molecule has 4 heteroatoms. The second-order valence-electron chi connectivity index (χ2n) is 4.26. The molecule has 1 aromatic heterocycles. The Labute approximate surface area is 83.7 Å². The third-order valence-corrected chi connectivity index (χ3v) is 2.96. The van der Waals surface area contributed by atoms with E-state index in [4.69, 9.17) is 5.73 Å². The van der Waals surface area contributed by atoms with E-state index in [0.717, 1.165) is 25.0 Å². The summed E-state index contributed by atoms with van der Waals surface area (Å²) in [5.41, 5.74) is 5.83. The number of rotatable bonds is 1. The van der Waals surface area contributed by atoms with Gasteiger partial charge in [0.25, 0.3) is 0 Å². The fourth-order valence-electron chi connectivity index (χ4n) is 2.19. The Kier molecular flexibility index (Phi) is 2.33. The summed E-state index contributed by atoms with van der Waals surface area (Å²) in [5, 5.41) is 14.6. The van der Waals surface area contributed by atoms with Gasteiger partial charge >= 0.3 is 0 Å². The van der Waals surface area contributed by atoms with E-state index in [1.165, 1.54) is 0 Å². The summed E-state index contributed by atoms with van der Waals surface area (Å²) < 4.78 is 1.72. The van der Waals surface area contributed by atoms with Crippen LogP contribution < -0.4 is 5.73 Å².